The van der Waals surface area contributed by atoms with E-state index in [1.807, 2.05) is 6.07 Å². The van der Waals surface area contributed by atoms with Gasteiger partial charge in [0.2, 0.25) is 0 Å². The molecule has 0 amide bonds. The molecule has 1 aromatic carbocycles. The zero-order chi connectivity index (χ0) is 13.2. The Bertz CT molecular complexity index is 385. The highest BCUT2D eigenvalue weighted by Gasteiger charge is 2.01. The molecule has 0 aliphatic rings. The number of hydrogen-bond donors (Lipinski definition) is 0. The number of benzene rings is 1. The van der Waals surface area contributed by atoms with Gasteiger partial charge in [0.25, 0.3) is 0 Å². The van der Waals surface area contributed by atoms with E-state index in [1.54, 1.807) is 18.2 Å². The van der Waals surface area contributed by atoms with Crippen molar-refractivity contribution in [2.75, 3.05) is 6.61 Å². The van der Waals surface area contributed by atoms with Crippen LogP contribution in [0.25, 0.3) is 0 Å². The Balaban J connectivity index is 2.39. The minimum Gasteiger partial charge on any atom is -0.493 e. The van der Waals surface area contributed by atoms with Crippen LogP contribution in [-0.2, 0) is 4.79 Å². The topological polar surface area (TPSA) is 35.5 Å². The molecule has 1 rings (SSSR count). The number of rotatable bonds is 8. The summed E-state index contributed by atoms with van der Waals surface area (Å²) in [5.41, 5.74) is 0. The van der Waals surface area contributed by atoms with Gasteiger partial charge in [0.1, 0.15) is 11.5 Å². The first-order chi connectivity index (χ1) is 8.76. The van der Waals surface area contributed by atoms with Gasteiger partial charge in [0.05, 0.1) is 6.61 Å². The average molecular weight is 248 g/mol. The van der Waals surface area contributed by atoms with Crippen molar-refractivity contribution in [1.29, 1.82) is 0 Å². The molecule has 0 bridgehead atoms. The summed E-state index contributed by atoms with van der Waals surface area (Å²) in [4.78, 5) is 11.0. The Hall–Kier alpha value is -1.77. The summed E-state index contributed by atoms with van der Waals surface area (Å²) in [6.45, 7) is 6.22. The number of hydrogen-bond acceptors (Lipinski definition) is 3. The van der Waals surface area contributed by atoms with Crippen LogP contribution in [0.15, 0.2) is 36.9 Å². The number of carbonyl (C=O) groups is 1. The summed E-state index contributed by atoms with van der Waals surface area (Å²) in [7, 11) is 0. The standard InChI is InChI=1S/C15H20O3/c1-3-5-6-7-11-17-13-9-8-10-14(12-13)18-15(16)4-2/h4,8-10,12H,2-3,5-7,11H2,1H3. The second-order valence-electron chi connectivity index (χ2n) is 4.01. The van der Waals surface area contributed by atoms with Crippen molar-refractivity contribution in [2.24, 2.45) is 0 Å². The molecule has 0 unspecified atom stereocenters. The highest BCUT2D eigenvalue weighted by molar-refractivity contribution is 5.83. The van der Waals surface area contributed by atoms with Gasteiger partial charge < -0.3 is 9.47 Å². The molecule has 3 nitrogen and oxygen atoms in total. The second-order valence-corrected chi connectivity index (χ2v) is 4.01. The Labute approximate surface area is 108 Å². The van der Waals surface area contributed by atoms with Gasteiger partial charge in [-0.25, -0.2) is 4.79 Å². The second kappa shape index (κ2) is 8.34. The van der Waals surface area contributed by atoms with Gasteiger partial charge in [-0.15, -0.1) is 0 Å². The quantitative estimate of drug-likeness (QED) is 0.304. The van der Waals surface area contributed by atoms with Crippen LogP contribution in [-0.4, -0.2) is 12.6 Å². The van der Waals surface area contributed by atoms with Crippen molar-refractivity contribution in [2.45, 2.75) is 32.6 Å². The maximum absolute atomic E-state index is 11.0. The molecule has 0 atom stereocenters. The summed E-state index contributed by atoms with van der Waals surface area (Å²) < 4.78 is 10.6. The average Bonchev–Trinajstić information content (AvgIpc) is 2.39. The van der Waals surface area contributed by atoms with Gasteiger partial charge in [-0.2, -0.15) is 0 Å². The molecule has 0 radical (unpaired) electrons. The molecular formula is C15H20O3. The fraction of sp³-hybridized carbons (Fsp3) is 0.400. The van der Waals surface area contributed by atoms with Crippen LogP contribution in [0, 0.1) is 0 Å². The predicted molar refractivity (Wildman–Crippen MR) is 71.9 cm³/mol. The number of carbonyl (C=O) groups excluding carboxylic acids is 1. The van der Waals surface area contributed by atoms with Gasteiger partial charge >= 0.3 is 5.97 Å². The molecule has 0 saturated heterocycles. The van der Waals surface area contributed by atoms with Gasteiger partial charge in [-0.1, -0.05) is 38.8 Å². The van der Waals surface area contributed by atoms with Crippen LogP contribution in [0.1, 0.15) is 32.6 Å². The number of ether oxygens (including phenoxy) is 2. The third-order valence-electron chi connectivity index (χ3n) is 2.46. The first-order valence-corrected chi connectivity index (χ1v) is 6.33. The lowest BCUT2D eigenvalue weighted by molar-refractivity contribution is -0.128. The summed E-state index contributed by atoms with van der Waals surface area (Å²) in [6.07, 6.45) is 5.82. The fourth-order valence-corrected chi connectivity index (χ4v) is 1.50. The van der Waals surface area contributed by atoms with Gasteiger partial charge in [-0.05, 0) is 18.6 Å². The molecule has 0 saturated carbocycles. The zero-order valence-electron chi connectivity index (χ0n) is 10.9. The van der Waals surface area contributed by atoms with E-state index >= 15 is 0 Å². The maximum Gasteiger partial charge on any atom is 0.335 e. The zero-order valence-corrected chi connectivity index (χ0v) is 10.9. The van der Waals surface area contributed by atoms with E-state index < -0.39 is 5.97 Å². The largest absolute Gasteiger partial charge is 0.493 e. The van der Waals surface area contributed by atoms with Crippen LogP contribution in [0.3, 0.4) is 0 Å². The monoisotopic (exact) mass is 248 g/mol. The van der Waals surface area contributed by atoms with Crippen LogP contribution in [0.2, 0.25) is 0 Å². The smallest absolute Gasteiger partial charge is 0.335 e. The molecule has 18 heavy (non-hydrogen) atoms. The van der Waals surface area contributed by atoms with E-state index in [2.05, 4.69) is 13.5 Å². The summed E-state index contributed by atoms with van der Waals surface area (Å²) in [5.74, 6) is 0.738. The highest BCUT2D eigenvalue weighted by atomic mass is 16.5. The lowest BCUT2D eigenvalue weighted by Crippen LogP contribution is -2.03. The van der Waals surface area contributed by atoms with E-state index in [9.17, 15) is 4.79 Å². The normalized spacial score (nSPS) is 9.83. The SMILES string of the molecule is C=CC(=O)Oc1cccc(OCCCCCC)c1. The Kier molecular flexibility index (Phi) is 6.62. The van der Waals surface area contributed by atoms with Crippen molar-refractivity contribution >= 4 is 5.97 Å². The van der Waals surface area contributed by atoms with E-state index in [0.29, 0.717) is 12.4 Å². The lowest BCUT2D eigenvalue weighted by Gasteiger charge is -2.07. The van der Waals surface area contributed by atoms with Gasteiger partial charge in [0.15, 0.2) is 0 Å². The lowest BCUT2D eigenvalue weighted by atomic mass is 10.2. The van der Waals surface area contributed by atoms with Crippen LogP contribution in [0.4, 0.5) is 0 Å². The molecule has 0 aliphatic carbocycles. The minimum absolute atomic E-state index is 0.463. The first-order valence-electron chi connectivity index (χ1n) is 6.33. The van der Waals surface area contributed by atoms with Crippen LogP contribution in [0.5, 0.6) is 11.5 Å². The third kappa shape index (κ3) is 5.53. The summed E-state index contributed by atoms with van der Waals surface area (Å²) >= 11 is 0. The highest BCUT2D eigenvalue weighted by Crippen LogP contribution is 2.20. The van der Waals surface area contributed by atoms with Gasteiger partial charge in [0, 0.05) is 12.1 Å². The molecule has 98 valence electrons. The summed E-state index contributed by atoms with van der Waals surface area (Å²) in [6, 6.07) is 7.07. The number of esters is 1. The molecule has 1 aromatic rings. The Morgan fingerprint density at radius 1 is 1.28 bits per heavy atom. The van der Waals surface area contributed by atoms with E-state index in [1.165, 1.54) is 19.3 Å². The number of unbranched alkanes of at least 4 members (excludes halogenated alkanes) is 3. The summed E-state index contributed by atoms with van der Waals surface area (Å²) in [5, 5.41) is 0. The molecule has 0 heterocycles. The fourth-order valence-electron chi connectivity index (χ4n) is 1.50. The Morgan fingerprint density at radius 2 is 2.06 bits per heavy atom. The molecule has 0 aliphatic heterocycles. The third-order valence-corrected chi connectivity index (χ3v) is 2.46. The van der Waals surface area contributed by atoms with E-state index in [0.717, 1.165) is 18.2 Å². The van der Waals surface area contributed by atoms with Crippen LogP contribution < -0.4 is 9.47 Å². The van der Waals surface area contributed by atoms with Crippen molar-refractivity contribution in [3.8, 4) is 11.5 Å². The molecular weight excluding hydrogens is 228 g/mol. The molecule has 0 aromatic heterocycles. The van der Waals surface area contributed by atoms with Crippen molar-refractivity contribution in [3.63, 3.8) is 0 Å². The first kappa shape index (κ1) is 14.3. The van der Waals surface area contributed by atoms with E-state index in [4.69, 9.17) is 9.47 Å². The molecule has 3 heteroatoms. The van der Waals surface area contributed by atoms with Crippen molar-refractivity contribution < 1.29 is 14.3 Å². The Morgan fingerprint density at radius 3 is 2.78 bits per heavy atom. The molecule has 0 fully saturated rings. The maximum atomic E-state index is 11.0. The minimum atomic E-state index is -0.463. The predicted octanol–water partition coefficient (Wildman–Crippen LogP) is 3.74. The molecule has 0 N–H and O–H groups in total. The molecule has 0 spiro atoms. The van der Waals surface area contributed by atoms with Crippen molar-refractivity contribution in [3.05, 3.63) is 36.9 Å². The van der Waals surface area contributed by atoms with Crippen LogP contribution >= 0.6 is 0 Å². The van der Waals surface area contributed by atoms with E-state index in [-0.39, 0.29) is 0 Å². The van der Waals surface area contributed by atoms with Crippen molar-refractivity contribution in [1.82, 2.24) is 0 Å². The van der Waals surface area contributed by atoms with Gasteiger partial charge in [-0.3, -0.25) is 0 Å².